The lowest BCUT2D eigenvalue weighted by Gasteiger charge is -2.18. The Balaban J connectivity index is 1.56. The van der Waals surface area contributed by atoms with Crippen LogP contribution >= 0.6 is 0 Å². The van der Waals surface area contributed by atoms with Crippen LogP contribution in [0.25, 0.3) is 11.6 Å². The van der Waals surface area contributed by atoms with E-state index in [1.54, 1.807) is 54.6 Å². The van der Waals surface area contributed by atoms with Crippen molar-refractivity contribution in [2.45, 2.75) is 4.90 Å². The molecule has 0 saturated carbocycles. The molecule has 0 atom stereocenters. The first kappa shape index (κ1) is 26.3. The van der Waals surface area contributed by atoms with Crippen molar-refractivity contribution in [1.82, 2.24) is 0 Å². The van der Waals surface area contributed by atoms with Crippen molar-refractivity contribution in [3.05, 3.63) is 122 Å². The molecule has 0 amide bonds. The number of ether oxygens (including phenoxy) is 1. The van der Waals surface area contributed by atoms with Gasteiger partial charge in [0, 0.05) is 22.9 Å². The zero-order chi connectivity index (χ0) is 28.2. The highest BCUT2D eigenvalue weighted by Gasteiger charge is 2.28. The fourth-order valence-corrected chi connectivity index (χ4v) is 4.84. The summed E-state index contributed by atoms with van der Waals surface area (Å²) in [4.78, 5) is 19.7. The van der Waals surface area contributed by atoms with Crippen molar-refractivity contribution in [3.63, 3.8) is 0 Å². The van der Waals surface area contributed by atoms with Gasteiger partial charge in [-0.3, -0.25) is 25.0 Å². The summed E-state index contributed by atoms with van der Waals surface area (Å²) in [6.45, 7) is 0. The quantitative estimate of drug-likeness (QED) is 0.241. The molecular formula is C26H15N5O7S. The van der Waals surface area contributed by atoms with Crippen LogP contribution in [0.15, 0.2) is 95.1 Å². The Hall–Kier alpha value is -5.79. The van der Waals surface area contributed by atoms with Gasteiger partial charge in [0.05, 0.1) is 15.9 Å². The van der Waals surface area contributed by atoms with Crippen LogP contribution < -0.4 is 9.46 Å². The van der Waals surface area contributed by atoms with Crippen molar-refractivity contribution >= 4 is 38.7 Å². The van der Waals surface area contributed by atoms with Gasteiger partial charge in [-0.1, -0.05) is 36.4 Å². The molecule has 4 rings (SSSR count). The number of non-ortho nitro benzene ring substituents is 1. The number of para-hydroxylation sites is 1. The van der Waals surface area contributed by atoms with Crippen LogP contribution in [0.2, 0.25) is 0 Å². The minimum atomic E-state index is -4.44. The average Bonchev–Trinajstić information content (AvgIpc) is 2.92. The molecule has 3 aromatic rings. The molecular weight excluding hydrogens is 526 g/mol. The van der Waals surface area contributed by atoms with Crippen molar-refractivity contribution < 1.29 is 23.0 Å². The summed E-state index contributed by atoms with van der Waals surface area (Å²) < 4.78 is 33.6. The summed E-state index contributed by atoms with van der Waals surface area (Å²) in [6, 6.07) is 19.0. The minimum absolute atomic E-state index is 0.0680. The number of nitriles is 2. The molecule has 12 nitrogen and oxygen atoms in total. The third-order valence-corrected chi connectivity index (χ3v) is 6.86. The minimum Gasteiger partial charge on any atom is -0.457 e. The normalized spacial score (nSPS) is 12.4. The van der Waals surface area contributed by atoms with E-state index in [2.05, 4.69) is 4.72 Å². The van der Waals surface area contributed by atoms with Crippen LogP contribution in [-0.2, 0) is 10.0 Å². The van der Waals surface area contributed by atoms with Gasteiger partial charge >= 0.3 is 0 Å². The molecule has 0 bridgehead atoms. The average molecular weight is 542 g/mol. The van der Waals surface area contributed by atoms with Gasteiger partial charge in [-0.05, 0) is 42.0 Å². The number of hydrogen-bond donors (Lipinski definition) is 1. The number of sulfonamides is 1. The number of benzene rings is 3. The summed E-state index contributed by atoms with van der Waals surface area (Å²) in [5.41, 5.74) is 0.152. The third kappa shape index (κ3) is 5.64. The second-order valence-corrected chi connectivity index (χ2v) is 9.54. The van der Waals surface area contributed by atoms with Crippen molar-refractivity contribution in [2.24, 2.45) is 0 Å². The maximum absolute atomic E-state index is 12.8. The van der Waals surface area contributed by atoms with Crippen LogP contribution in [0.3, 0.4) is 0 Å². The summed E-state index contributed by atoms with van der Waals surface area (Å²) in [5, 5.41) is 40.9. The van der Waals surface area contributed by atoms with E-state index in [0.29, 0.717) is 34.3 Å². The molecule has 1 aliphatic rings. The molecule has 0 radical (unpaired) electrons. The van der Waals surface area contributed by atoms with Gasteiger partial charge in [0.15, 0.2) is 4.90 Å². The number of nitrogens with zero attached hydrogens (tertiary/aromatic N) is 4. The second kappa shape index (κ2) is 10.7. The number of fused-ring (bicyclic) bond motifs is 1. The number of rotatable bonds is 7. The van der Waals surface area contributed by atoms with Crippen molar-refractivity contribution in [3.8, 4) is 17.9 Å². The Labute approximate surface area is 221 Å². The molecule has 13 heteroatoms. The predicted octanol–water partition coefficient (Wildman–Crippen LogP) is 5.09. The van der Waals surface area contributed by atoms with Crippen LogP contribution in [0.1, 0.15) is 11.1 Å². The van der Waals surface area contributed by atoms with E-state index >= 15 is 0 Å². The number of nitro groups is 2. The van der Waals surface area contributed by atoms with Gasteiger partial charge in [0.25, 0.3) is 21.4 Å². The standard InChI is InChI=1S/C26H15N5O7S/c27-15-18(16-28)23-14-21(38-25-4-2-1-3-22(23)25)11-7-17-5-8-19(9-6-17)29-39(36,37)26-12-10-20(30(32)33)13-24(26)31(34)35/h1-14,29H/b11-7+. The SMILES string of the molecule is N#CC(C#N)=C1C=C(/C=C/c2ccc(NS(=O)(=O)c3ccc([N+](=O)[O-])cc3[N+](=O)[O-])cc2)Oc2ccccc21. The summed E-state index contributed by atoms with van der Waals surface area (Å²) in [5.74, 6) is 0.838. The highest BCUT2D eigenvalue weighted by Crippen LogP contribution is 2.36. The van der Waals surface area contributed by atoms with E-state index in [0.717, 1.165) is 12.1 Å². The Morgan fingerprint density at radius 1 is 0.923 bits per heavy atom. The van der Waals surface area contributed by atoms with Crippen LogP contribution in [0.5, 0.6) is 5.75 Å². The molecule has 0 aliphatic carbocycles. The van der Waals surface area contributed by atoms with Gasteiger partial charge in [0.1, 0.15) is 29.2 Å². The Morgan fingerprint density at radius 3 is 2.26 bits per heavy atom. The molecule has 192 valence electrons. The van der Waals surface area contributed by atoms with Crippen LogP contribution in [-0.4, -0.2) is 18.3 Å². The highest BCUT2D eigenvalue weighted by atomic mass is 32.2. The maximum Gasteiger partial charge on any atom is 0.296 e. The van der Waals surface area contributed by atoms with Crippen molar-refractivity contribution in [1.29, 1.82) is 10.5 Å². The summed E-state index contributed by atoms with van der Waals surface area (Å²) >= 11 is 0. The monoisotopic (exact) mass is 541 g/mol. The third-order valence-electron chi connectivity index (χ3n) is 5.43. The second-order valence-electron chi connectivity index (χ2n) is 7.88. The molecule has 0 fully saturated rings. The molecule has 1 heterocycles. The Morgan fingerprint density at radius 2 is 1.62 bits per heavy atom. The molecule has 0 saturated heterocycles. The number of hydrogen-bond acceptors (Lipinski definition) is 9. The first-order chi connectivity index (χ1) is 18.6. The molecule has 0 spiro atoms. The number of allylic oxidation sites excluding steroid dienone is 4. The molecule has 3 aromatic carbocycles. The highest BCUT2D eigenvalue weighted by molar-refractivity contribution is 7.92. The van der Waals surface area contributed by atoms with E-state index in [4.69, 9.17) is 4.74 Å². The maximum atomic E-state index is 12.8. The lowest BCUT2D eigenvalue weighted by atomic mass is 9.97. The lowest BCUT2D eigenvalue weighted by molar-refractivity contribution is -0.396. The van der Waals surface area contributed by atoms with Crippen LogP contribution in [0, 0.1) is 42.9 Å². The van der Waals surface area contributed by atoms with Gasteiger partial charge in [0.2, 0.25) is 0 Å². The first-order valence-corrected chi connectivity index (χ1v) is 12.4. The number of nitro benzene ring substituents is 2. The van der Waals surface area contributed by atoms with Gasteiger partial charge < -0.3 is 4.74 Å². The van der Waals surface area contributed by atoms with E-state index in [-0.39, 0.29) is 11.3 Å². The molecule has 0 unspecified atom stereocenters. The van der Waals surface area contributed by atoms with Crippen molar-refractivity contribution in [2.75, 3.05) is 4.72 Å². The summed E-state index contributed by atoms with van der Waals surface area (Å²) in [6.07, 6.45) is 4.84. The first-order valence-electron chi connectivity index (χ1n) is 10.9. The fourth-order valence-electron chi connectivity index (χ4n) is 3.63. The number of anilines is 1. The zero-order valence-electron chi connectivity index (χ0n) is 19.6. The molecule has 1 aliphatic heterocycles. The topological polar surface area (TPSA) is 189 Å². The molecule has 1 N–H and O–H groups in total. The van der Waals surface area contributed by atoms with Gasteiger partial charge in [-0.25, -0.2) is 8.42 Å². The van der Waals surface area contributed by atoms with E-state index in [1.807, 2.05) is 12.1 Å². The predicted molar refractivity (Wildman–Crippen MR) is 139 cm³/mol. The van der Waals surface area contributed by atoms with Gasteiger partial charge in [-0.2, -0.15) is 10.5 Å². The lowest BCUT2D eigenvalue weighted by Crippen LogP contribution is -2.15. The number of nitrogens with one attached hydrogen (secondary N) is 1. The van der Waals surface area contributed by atoms with E-state index in [9.17, 15) is 39.2 Å². The largest absolute Gasteiger partial charge is 0.457 e. The van der Waals surface area contributed by atoms with E-state index in [1.165, 1.54) is 12.1 Å². The molecule has 0 aromatic heterocycles. The Bertz CT molecular complexity index is 1780. The van der Waals surface area contributed by atoms with E-state index < -0.39 is 36.1 Å². The van der Waals surface area contributed by atoms with Crippen LogP contribution in [0.4, 0.5) is 17.1 Å². The Kier molecular flexibility index (Phi) is 7.19. The molecule has 39 heavy (non-hydrogen) atoms. The fraction of sp³-hybridized carbons (Fsp3) is 0. The smallest absolute Gasteiger partial charge is 0.296 e. The zero-order valence-corrected chi connectivity index (χ0v) is 20.5. The summed E-state index contributed by atoms with van der Waals surface area (Å²) in [7, 11) is -4.44. The van der Waals surface area contributed by atoms with Gasteiger partial charge in [-0.15, -0.1) is 0 Å².